The Morgan fingerprint density at radius 3 is 2.52 bits per heavy atom. The van der Waals surface area contributed by atoms with Crippen molar-refractivity contribution < 1.29 is 35.5 Å². The Morgan fingerprint density at radius 2 is 1.88 bits per heavy atom. The van der Waals surface area contributed by atoms with Crippen molar-refractivity contribution in [2.45, 2.75) is 31.0 Å². The van der Waals surface area contributed by atoms with Crippen LogP contribution in [0.1, 0.15) is 29.9 Å². The van der Waals surface area contributed by atoms with Crippen LogP contribution in [0.3, 0.4) is 0 Å². The number of halogens is 5. The number of sulfonamides is 1. The zero-order valence-electron chi connectivity index (χ0n) is 17.0. The highest BCUT2D eigenvalue weighted by Gasteiger charge is 2.31. The smallest absolute Gasteiger partial charge is 0.416 e. The predicted molar refractivity (Wildman–Crippen MR) is 110 cm³/mol. The maximum Gasteiger partial charge on any atom is 0.416 e. The molecule has 1 aromatic heterocycles. The Labute approximate surface area is 191 Å². The highest BCUT2D eigenvalue weighted by Crippen LogP contribution is 2.31. The summed E-state index contributed by atoms with van der Waals surface area (Å²) in [6, 6.07) is 5.66. The van der Waals surface area contributed by atoms with Crippen LogP contribution >= 0.6 is 11.6 Å². The van der Waals surface area contributed by atoms with E-state index in [0.717, 1.165) is 29.2 Å². The maximum atomic E-state index is 13.7. The monoisotopic (exact) mass is 505 g/mol. The topological polar surface area (TPSA) is 90.3 Å². The average Bonchev–Trinajstić information content (AvgIpc) is 3.18. The Hall–Kier alpha value is -3.12. The lowest BCUT2D eigenvalue weighted by atomic mass is 10.2. The van der Waals surface area contributed by atoms with Crippen LogP contribution in [0.15, 0.2) is 53.8 Å². The van der Waals surface area contributed by atoms with Gasteiger partial charge in [-0.15, -0.1) is 0 Å². The van der Waals surface area contributed by atoms with Gasteiger partial charge in [0.2, 0.25) is 0 Å². The van der Waals surface area contributed by atoms with Crippen LogP contribution in [-0.4, -0.2) is 30.0 Å². The van der Waals surface area contributed by atoms with Crippen LogP contribution in [0.25, 0.3) is 5.69 Å². The van der Waals surface area contributed by atoms with E-state index in [9.17, 15) is 30.8 Å². The molecule has 0 saturated carbocycles. The summed E-state index contributed by atoms with van der Waals surface area (Å²) in [5, 5.41) is -0.170. The van der Waals surface area contributed by atoms with Gasteiger partial charge in [0.25, 0.3) is 15.9 Å². The van der Waals surface area contributed by atoms with Crippen molar-refractivity contribution in [3.63, 3.8) is 0 Å². The maximum absolute atomic E-state index is 13.7. The predicted octanol–water partition coefficient (Wildman–Crippen LogP) is 4.59. The van der Waals surface area contributed by atoms with Crippen LogP contribution in [0, 0.1) is 5.82 Å². The van der Waals surface area contributed by atoms with Crippen LogP contribution in [0.4, 0.5) is 17.6 Å². The minimum atomic E-state index is -4.79. The van der Waals surface area contributed by atoms with Gasteiger partial charge in [-0.1, -0.05) is 11.6 Å². The number of hydrogen-bond acceptors (Lipinski definition) is 5. The van der Waals surface area contributed by atoms with Crippen molar-refractivity contribution in [1.29, 1.82) is 0 Å². The van der Waals surface area contributed by atoms with Crippen molar-refractivity contribution in [3.8, 4) is 11.4 Å². The van der Waals surface area contributed by atoms with Gasteiger partial charge in [0.15, 0.2) is 0 Å². The van der Waals surface area contributed by atoms with Crippen molar-refractivity contribution in [3.05, 3.63) is 71.0 Å². The molecule has 0 atom stereocenters. The molecule has 1 N–H and O–H groups in total. The zero-order valence-corrected chi connectivity index (χ0v) is 18.6. The van der Waals surface area contributed by atoms with E-state index < -0.39 is 44.1 Å². The highest BCUT2D eigenvalue weighted by atomic mass is 35.5. The van der Waals surface area contributed by atoms with Gasteiger partial charge in [0.1, 0.15) is 28.5 Å². The summed E-state index contributed by atoms with van der Waals surface area (Å²) in [4.78, 5) is 15.7. The molecule has 3 rings (SSSR count). The molecule has 2 aromatic carbocycles. The normalized spacial score (nSPS) is 12.1. The first kappa shape index (κ1) is 24.5. The molecule has 33 heavy (non-hydrogen) atoms. The number of carbonyl (C=O) groups excluding carboxylic acids is 1. The van der Waals surface area contributed by atoms with E-state index in [1.807, 2.05) is 0 Å². The second kappa shape index (κ2) is 9.02. The van der Waals surface area contributed by atoms with E-state index in [0.29, 0.717) is 12.1 Å². The minimum Gasteiger partial charge on any atom is -0.491 e. The zero-order chi connectivity index (χ0) is 24.6. The van der Waals surface area contributed by atoms with Crippen LogP contribution in [-0.2, 0) is 16.2 Å². The lowest BCUT2D eigenvalue weighted by molar-refractivity contribution is -0.137. The first-order valence-electron chi connectivity index (χ1n) is 9.22. The number of rotatable bonds is 6. The molecule has 0 spiro atoms. The van der Waals surface area contributed by atoms with Crippen LogP contribution in [0.2, 0.25) is 5.02 Å². The Kier molecular flexibility index (Phi) is 6.70. The van der Waals surface area contributed by atoms with Gasteiger partial charge >= 0.3 is 6.18 Å². The molecule has 0 saturated heterocycles. The number of imidazole rings is 1. The van der Waals surface area contributed by atoms with Gasteiger partial charge in [-0.05, 0) is 44.2 Å². The van der Waals surface area contributed by atoms with Crippen molar-refractivity contribution in [2.24, 2.45) is 0 Å². The first-order valence-corrected chi connectivity index (χ1v) is 11.1. The fourth-order valence-corrected chi connectivity index (χ4v) is 4.21. The largest absolute Gasteiger partial charge is 0.491 e. The molecular weight excluding hydrogens is 490 g/mol. The van der Waals surface area contributed by atoms with E-state index in [1.165, 1.54) is 12.1 Å². The number of nitrogens with one attached hydrogen (secondary N) is 1. The molecule has 0 radical (unpaired) electrons. The summed E-state index contributed by atoms with van der Waals surface area (Å²) in [7, 11) is -4.45. The Morgan fingerprint density at radius 1 is 1.18 bits per heavy atom. The van der Waals surface area contributed by atoms with E-state index in [4.69, 9.17) is 16.3 Å². The standard InChI is InChI=1S/C20H16ClF4N3O4S/c1-11(2)32-15-3-4-16(21)18(8-15)33(30,31)27-19(29)17-9-28(10-26-17)14-6-12(20(23,24)25)5-13(22)7-14/h3-11H,1-2H3,(H,27,29). The van der Waals surface area contributed by atoms with Gasteiger partial charge in [0.05, 0.1) is 16.7 Å². The number of aromatic nitrogens is 2. The molecule has 0 bridgehead atoms. The van der Waals surface area contributed by atoms with Gasteiger partial charge in [-0.2, -0.15) is 13.2 Å². The molecule has 0 aliphatic heterocycles. The van der Waals surface area contributed by atoms with E-state index in [-0.39, 0.29) is 22.6 Å². The number of ether oxygens (including phenoxy) is 1. The highest BCUT2D eigenvalue weighted by molar-refractivity contribution is 7.90. The Bertz CT molecular complexity index is 1310. The minimum absolute atomic E-state index is 0.170. The third-order valence-electron chi connectivity index (χ3n) is 4.11. The SMILES string of the molecule is CC(C)Oc1ccc(Cl)c(S(=O)(=O)NC(=O)c2cn(-c3cc(F)cc(C(F)(F)F)c3)cn2)c1. The fourth-order valence-electron chi connectivity index (χ4n) is 2.73. The number of hydrogen-bond donors (Lipinski definition) is 1. The molecule has 1 amide bonds. The van der Waals surface area contributed by atoms with Gasteiger partial charge in [-0.25, -0.2) is 22.5 Å². The molecule has 0 aliphatic carbocycles. The molecule has 0 aliphatic rings. The number of benzene rings is 2. The quantitative estimate of drug-likeness (QED) is 0.495. The molecule has 3 aromatic rings. The summed E-state index contributed by atoms with van der Waals surface area (Å²) in [6.45, 7) is 3.47. The summed E-state index contributed by atoms with van der Waals surface area (Å²) in [5.41, 5.74) is -1.95. The summed E-state index contributed by atoms with van der Waals surface area (Å²) >= 11 is 5.96. The molecular formula is C20H16ClF4N3O4S. The molecule has 7 nitrogen and oxygen atoms in total. The Balaban J connectivity index is 1.87. The lowest BCUT2D eigenvalue weighted by Gasteiger charge is -2.12. The van der Waals surface area contributed by atoms with Crippen molar-refractivity contribution >= 4 is 27.5 Å². The lowest BCUT2D eigenvalue weighted by Crippen LogP contribution is -2.31. The fraction of sp³-hybridized carbons (Fsp3) is 0.200. The second-order valence-electron chi connectivity index (χ2n) is 7.06. The first-order chi connectivity index (χ1) is 15.3. The molecule has 0 fully saturated rings. The molecule has 0 unspecified atom stereocenters. The van der Waals surface area contributed by atoms with E-state index in [2.05, 4.69) is 4.98 Å². The second-order valence-corrected chi connectivity index (χ2v) is 9.11. The number of nitrogens with zero attached hydrogens (tertiary/aromatic N) is 2. The molecule has 1 heterocycles. The van der Waals surface area contributed by atoms with Crippen LogP contribution in [0.5, 0.6) is 5.75 Å². The summed E-state index contributed by atoms with van der Waals surface area (Å²) in [6.07, 6.45) is -3.14. The molecule has 176 valence electrons. The number of alkyl halides is 3. The average molecular weight is 506 g/mol. The third-order valence-corrected chi connectivity index (χ3v) is 5.93. The van der Waals surface area contributed by atoms with Crippen molar-refractivity contribution in [1.82, 2.24) is 14.3 Å². The summed E-state index contributed by atoms with van der Waals surface area (Å²) in [5.74, 6) is -2.12. The van der Waals surface area contributed by atoms with Gasteiger partial charge < -0.3 is 9.30 Å². The number of carbonyl (C=O) groups is 1. The summed E-state index contributed by atoms with van der Waals surface area (Å²) < 4.78 is 86.0. The van der Waals surface area contributed by atoms with Gasteiger partial charge in [0, 0.05) is 18.0 Å². The number of amides is 1. The van der Waals surface area contributed by atoms with Gasteiger partial charge in [-0.3, -0.25) is 4.79 Å². The van der Waals surface area contributed by atoms with E-state index >= 15 is 0 Å². The van der Waals surface area contributed by atoms with E-state index in [1.54, 1.807) is 18.6 Å². The van der Waals surface area contributed by atoms with Crippen molar-refractivity contribution in [2.75, 3.05) is 0 Å². The van der Waals surface area contributed by atoms with Crippen LogP contribution < -0.4 is 9.46 Å². The molecule has 13 heteroatoms. The third kappa shape index (κ3) is 5.82.